The van der Waals surface area contributed by atoms with E-state index >= 15 is 0 Å². The molecule has 0 saturated carbocycles. The molecule has 1 N–H and O–H groups in total. The lowest BCUT2D eigenvalue weighted by Crippen LogP contribution is -2.02. The molecular formula is C24H25FN4O. The molecule has 0 radical (unpaired) electrons. The third-order valence-corrected chi connectivity index (χ3v) is 5.07. The number of fused-ring (bicyclic) bond motifs is 1. The lowest BCUT2D eigenvalue weighted by molar-refractivity contribution is 0.310. The average molecular weight is 404 g/mol. The van der Waals surface area contributed by atoms with Crippen LogP contribution in [0.1, 0.15) is 42.3 Å². The molecule has 154 valence electrons. The van der Waals surface area contributed by atoms with Gasteiger partial charge in [-0.3, -0.25) is 10.1 Å². The summed E-state index contributed by atoms with van der Waals surface area (Å²) in [5, 5.41) is 8.23. The molecule has 0 atom stereocenters. The summed E-state index contributed by atoms with van der Waals surface area (Å²) < 4.78 is 19.3. The number of aromatic amines is 1. The standard InChI is InChI=1S/C24H25FN4O/c1-4-5-10-30-23-15(2)11-21(24-27-16(3)28-29-24)20-13-18(14-26-22(20)23)12-17-6-8-19(25)9-7-17/h6-9,11,13-14H,4-5,10,12H2,1-3H3,(H,27,28,29). The molecule has 4 aromatic rings. The third-order valence-electron chi connectivity index (χ3n) is 5.07. The molecular weight excluding hydrogens is 379 g/mol. The van der Waals surface area contributed by atoms with Crippen LogP contribution in [-0.2, 0) is 6.42 Å². The van der Waals surface area contributed by atoms with Crippen LogP contribution in [-0.4, -0.2) is 26.8 Å². The second-order valence-electron chi connectivity index (χ2n) is 7.56. The molecule has 6 heteroatoms. The quantitative estimate of drug-likeness (QED) is 0.411. The Morgan fingerprint density at radius 1 is 1.07 bits per heavy atom. The summed E-state index contributed by atoms with van der Waals surface area (Å²) in [6.45, 7) is 6.71. The summed E-state index contributed by atoms with van der Waals surface area (Å²) in [4.78, 5) is 9.29. The maximum atomic E-state index is 13.2. The van der Waals surface area contributed by atoms with E-state index in [1.807, 2.05) is 20.0 Å². The van der Waals surface area contributed by atoms with Gasteiger partial charge in [0.1, 0.15) is 22.9 Å². The fraction of sp³-hybridized carbons (Fsp3) is 0.292. The van der Waals surface area contributed by atoms with Gasteiger partial charge in [-0.1, -0.05) is 25.5 Å². The summed E-state index contributed by atoms with van der Waals surface area (Å²) in [6, 6.07) is 10.7. The van der Waals surface area contributed by atoms with Crippen molar-refractivity contribution in [2.45, 2.75) is 40.0 Å². The monoisotopic (exact) mass is 404 g/mol. The number of pyridine rings is 1. The number of halogens is 1. The maximum absolute atomic E-state index is 13.2. The third kappa shape index (κ3) is 4.17. The lowest BCUT2D eigenvalue weighted by atomic mass is 9.99. The molecule has 2 aromatic heterocycles. The van der Waals surface area contributed by atoms with Crippen molar-refractivity contribution in [2.75, 3.05) is 6.61 Å². The Labute approximate surface area is 175 Å². The Kier molecular flexibility index (Phi) is 5.74. The van der Waals surface area contributed by atoms with Crippen molar-refractivity contribution in [3.63, 3.8) is 0 Å². The number of nitrogens with one attached hydrogen (secondary N) is 1. The normalized spacial score (nSPS) is 11.2. The van der Waals surface area contributed by atoms with Gasteiger partial charge >= 0.3 is 0 Å². The highest BCUT2D eigenvalue weighted by atomic mass is 19.1. The van der Waals surface area contributed by atoms with E-state index < -0.39 is 0 Å². The Balaban J connectivity index is 1.81. The van der Waals surface area contributed by atoms with Crippen molar-refractivity contribution >= 4 is 10.9 Å². The second kappa shape index (κ2) is 8.61. The number of aromatic nitrogens is 4. The van der Waals surface area contributed by atoms with Crippen LogP contribution < -0.4 is 4.74 Å². The molecule has 0 aliphatic heterocycles. The average Bonchev–Trinajstić information content (AvgIpc) is 3.17. The van der Waals surface area contributed by atoms with Crippen LogP contribution in [0.3, 0.4) is 0 Å². The molecule has 2 heterocycles. The molecule has 0 aliphatic rings. The van der Waals surface area contributed by atoms with Crippen LogP contribution in [0.5, 0.6) is 5.75 Å². The number of aryl methyl sites for hydroxylation is 2. The van der Waals surface area contributed by atoms with E-state index in [9.17, 15) is 4.39 Å². The van der Waals surface area contributed by atoms with Gasteiger partial charge in [0.25, 0.3) is 0 Å². The van der Waals surface area contributed by atoms with Crippen LogP contribution in [0, 0.1) is 19.7 Å². The van der Waals surface area contributed by atoms with Crippen LogP contribution in [0.4, 0.5) is 4.39 Å². The van der Waals surface area contributed by atoms with E-state index in [1.165, 1.54) is 12.1 Å². The molecule has 4 rings (SSSR count). The van der Waals surface area contributed by atoms with Gasteiger partial charge in [-0.05, 0) is 67.6 Å². The minimum Gasteiger partial charge on any atom is -0.491 e. The summed E-state index contributed by atoms with van der Waals surface area (Å²) in [6.07, 6.45) is 4.59. The molecule has 0 fully saturated rings. The Bertz CT molecular complexity index is 1170. The zero-order valence-corrected chi connectivity index (χ0v) is 17.5. The number of hydrogen-bond donors (Lipinski definition) is 1. The SMILES string of the molecule is CCCCOc1c(C)cc(-c2n[nH]c(C)n2)c2cc(Cc3ccc(F)cc3)cnc12. The van der Waals surface area contributed by atoms with Crippen molar-refractivity contribution < 1.29 is 9.13 Å². The number of nitrogens with zero attached hydrogens (tertiary/aromatic N) is 3. The fourth-order valence-corrected chi connectivity index (χ4v) is 3.52. The number of rotatable bonds is 7. The number of unbranched alkanes of at least 4 members (excludes halogenated alkanes) is 1. The first-order valence-electron chi connectivity index (χ1n) is 10.2. The lowest BCUT2D eigenvalue weighted by Gasteiger charge is -2.15. The Hall–Kier alpha value is -3.28. The molecule has 5 nitrogen and oxygen atoms in total. The number of hydrogen-bond acceptors (Lipinski definition) is 4. The number of H-pyrrole nitrogens is 1. The van der Waals surface area contributed by atoms with Crippen molar-refractivity contribution in [1.29, 1.82) is 0 Å². The minimum absolute atomic E-state index is 0.234. The van der Waals surface area contributed by atoms with Crippen molar-refractivity contribution in [2.24, 2.45) is 0 Å². The molecule has 0 aliphatic carbocycles. The Morgan fingerprint density at radius 2 is 1.87 bits per heavy atom. The first kappa shape index (κ1) is 20.0. The topological polar surface area (TPSA) is 63.7 Å². The highest BCUT2D eigenvalue weighted by molar-refractivity contribution is 5.97. The maximum Gasteiger partial charge on any atom is 0.181 e. The van der Waals surface area contributed by atoms with Gasteiger partial charge in [0, 0.05) is 17.1 Å². The summed E-state index contributed by atoms with van der Waals surface area (Å²) in [5.74, 6) is 1.97. The van der Waals surface area contributed by atoms with Gasteiger partial charge < -0.3 is 4.74 Å². The zero-order valence-electron chi connectivity index (χ0n) is 17.5. The minimum atomic E-state index is -0.234. The second-order valence-corrected chi connectivity index (χ2v) is 7.56. The van der Waals surface area contributed by atoms with Gasteiger partial charge in [-0.2, -0.15) is 5.10 Å². The predicted molar refractivity (Wildman–Crippen MR) is 116 cm³/mol. The largest absolute Gasteiger partial charge is 0.491 e. The van der Waals surface area contributed by atoms with Crippen molar-refractivity contribution in [3.8, 4) is 17.1 Å². The molecule has 30 heavy (non-hydrogen) atoms. The van der Waals surface area contributed by atoms with E-state index in [4.69, 9.17) is 9.72 Å². The van der Waals surface area contributed by atoms with Crippen LogP contribution in [0.2, 0.25) is 0 Å². The van der Waals surface area contributed by atoms with E-state index in [-0.39, 0.29) is 5.82 Å². The fourth-order valence-electron chi connectivity index (χ4n) is 3.52. The van der Waals surface area contributed by atoms with Gasteiger partial charge in [0.2, 0.25) is 0 Å². The molecule has 0 unspecified atom stereocenters. The first-order chi connectivity index (χ1) is 14.5. The van der Waals surface area contributed by atoms with Crippen LogP contribution in [0.15, 0.2) is 42.6 Å². The molecule has 0 amide bonds. The van der Waals surface area contributed by atoms with Crippen LogP contribution in [0.25, 0.3) is 22.3 Å². The van der Waals surface area contributed by atoms with Gasteiger partial charge in [-0.15, -0.1) is 0 Å². The number of benzene rings is 2. The van der Waals surface area contributed by atoms with E-state index in [1.54, 1.807) is 12.1 Å². The number of ether oxygens (including phenoxy) is 1. The van der Waals surface area contributed by atoms with Gasteiger partial charge in [0.05, 0.1) is 6.61 Å². The van der Waals surface area contributed by atoms with E-state index in [0.717, 1.165) is 57.6 Å². The van der Waals surface area contributed by atoms with Crippen molar-refractivity contribution in [1.82, 2.24) is 20.2 Å². The van der Waals surface area contributed by atoms with Gasteiger partial charge in [-0.25, -0.2) is 9.37 Å². The first-order valence-corrected chi connectivity index (χ1v) is 10.2. The highest BCUT2D eigenvalue weighted by Gasteiger charge is 2.17. The van der Waals surface area contributed by atoms with E-state index in [0.29, 0.717) is 18.9 Å². The van der Waals surface area contributed by atoms with E-state index in [2.05, 4.69) is 34.2 Å². The summed E-state index contributed by atoms with van der Waals surface area (Å²) in [7, 11) is 0. The predicted octanol–water partition coefficient (Wildman–Crippen LogP) is 5.55. The van der Waals surface area contributed by atoms with Gasteiger partial charge in [0.15, 0.2) is 5.82 Å². The molecule has 2 aromatic carbocycles. The molecule has 0 spiro atoms. The molecule has 0 bridgehead atoms. The Morgan fingerprint density at radius 3 is 2.57 bits per heavy atom. The summed E-state index contributed by atoms with van der Waals surface area (Å²) >= 11 is 0. The zero-order chi connectivity index (χ0) is 21.1. The van der Waals surface area contributed by atoms with Crippen LogP contribution >= 0.6 is 0 Å². The molecule has 0 saturated heterocycles. The highest BCUT2D eigenvalue weighted by Crippen LogP contribution is 2.36. The smallest absolute Gasteiger partial charge is 0.181 e. The summed E-state index contributed by atoms with van der Waals surface area (Å²) in [5.41, 5.74) is 4.80. The van der Waals surface area contributed by atoms with Crippen molar-refractivity contribution in [3.05, 3.63) is 70.9 Å².